The van der Waals surface area contributed by atoms with Gasteiger partial charge in [0, 0.05) is 32.2 Å². The fourth-order valence-electron chi connectivity index (χ4n) is 5.34. The van der Waals surface area contributed by atoms with Crippen molar-refractivity contribution in [3.8, 4) is 33.9 Å². The molecule has 228 valence electrons. The third-order valence-corrected chi connectivity index (χ3v) is 7.74. The lowest BCUT2D eigenvalue weighted by Crippen LogP contribution is -2.32. The average molecular weight is 578 g/mol. The molecule has 0 spiro atoms. The second-order valence-corrected chi connectivity index (χ2v) is 11.3. The number of aliphatic hydroxyl groups excluding tert-OH is 1. The number of β-amino-alcohol motifs (C(OH)–C–C–N with tert-alkyl or cyclic N) is 1. The van der Waals surface area contributed by atoms with Crippen LogP contribution in [0.25, 0.3) is 22.5 Å². The summed E-state index contributed by atoms with van der Waals surface area (Å²) in [6.45, 7) is 14.6. The molecule has 2 aromatic carbocycles. The molecule has 0 atom stereocenters. The number of carbonyl (C=O) groups excluding carboxylic acids is 1. The van der Waals surface area contributed by atoms with E-state index in [4.69, 9.17) is 14.0 Å². The van der Waals surface area contributed by atoms with Gasteiger partial charge in [-0.15, -0.1) is 0 Å². The number of carbonyl (C=O) groups is 1. The zero-order valence-electron chi connectivity index (χ0n) is 25.9. The number of amides is 1. The van der Waals surface area contributed by atoms with Gasteiger partial charge in [0.05, 0.1) is 30.9 Å². The Balaban J connectivity index is 1.87. The standard InChI is InChI=1S/C34H47N3O5/c1-6-9-17-40-29-21-30(41-18-10-7-2)28(20-27(29)23(4)5)33-31(32(36-42-33)34(39)35-8-3)25-11-12-26-22-37(15-16-38)14-13-24(26)19-25/h11-12,19-21,23,38H,6-10,13-18,22H2,1-5H3,(H,35,39). The minimum absolute atomic E-state index is 0.150. The number of hydrogen-bond donors (Lipinski definition) is 2. The maximum atomic E-state index is 13.2. The highest BCUT2D eigenvalue weighted by atomic mass is 16.5. The monoisotopic (exact) mass is 577 g/mol. The summed E-state index contributed by atoms with van der Waals surface area (Å²) in [6, 6.07) is 10.4. The molecule has 42 heavy (non-hydrogen) atoms. The van der Waals surface area contributed by atoms with E-state index in [2.05, 4.69) is 61.3 Å². The van der Waals surface area contributed by atoms with Gasteiger partial charge in [0.1, 0.15) is 11.5 Å². The van der Waals surface area contributed by atoms with Crippen LogP contribution < -0.4 is 14.8 Å². The van der Waals surface area contributed by atoms with Gasteiger partial charge in [0.2, 0.25) is 0 Å². The van der Waals surface area contributed by atoms with E-state index in [1.165, 1.54) is 11.1 Å². The fourth-order valence-corrected chi connectivity index (χ4v) is 5.34. The summed E-state index contributed by atoms with van der Waals surface area (Å²) in [4.78, 5) is 15.5. The molecule has 0 radical (unpaired) electrons. The molecule has 3 aromatic rings. The van der Waals surface area contributed by atoms with E-state index in [-0.39, 0.29) is 24.1 Å². The number of nitrogens with one attached hydrogen (secondary N) is 1. The van der Waals surface area contributed by atoms with E-state index >= 15 is 0 Å². The first-order chi connectivity index (χ1) is 20.4. The molecule has 1 aromatic heterocycles. The number of benzene rings is 2. The van der Waals surface area contributed by atoms with Crippen molar-refractivity contribution in [2.75, 3.05) is 39.5 Å². The van der Waals surface area contributed by atoms with E-state index in [1.807, 2.05) is 19.1 Å². The first-order valence-electron chi connectivity index (χ1n) is 15.6. The molecule has 4 rings (SSSR count). The summed E-state index contributed by atoms with van der Waals surface area (Å²) >= 11 is 0. The summed E-state index contributed by atoms with van der Waals surface area (Å²) in [5, 5.41) is 16.6. The summed E-state index contributed by atoms with van der Waals surface area (Å²) in [7, 11) is 0. The Labute approximate surface area is 250 Å². The van der Waals surface area contributed by atoms with E-state index in [0.29, 0.717) is 43.4 Å². The summed E-state index contributed by atoms with van der Waals surface area (Å²) in [5.74, 6) is 1.93. The molecule has 2 N–H and O–H groups in total. The first kappa shape index (κ1) is 31.6. The topological polar surface area (TPSA) is 97.1 Å². The number of ether oxygens (including phenoxy) is 2. The van der Waals surface area contributed by atoms with Crippen molar-refractivity contribution in [1.29, 1.82) is 0 Å². The number of hydrogen-bond acceptors (Lipinski definition) is 7. The Kier molecular flexibility index (Phi) is 11.4. The van der Waals surface area contributed by atoms with Gasteiger partial charge in [-0.2, -0.15) is 0 Å². The number of unbranched alkanes of at least 4 members (excludes halogenated alkanes) is 2. The van der Waals surface area contributed by atoms with E-state index in [0.717, 1.165) is 67.6 Å². The van der Waals surface area contributed by atoms with Gasteiger partial charge in [-0.1, -0.05) is 63.9 Å². The van der Waals surface area contributed by atoms with Crippen molar-refractivity contribution in [3.63, 3.8) is 0 Å². The van der Waals surface area contributed by atoms with Crippen LogP contribution in [-0.2, 0) is 13.0 Å². The Morgan fingerprint density at radius 1 is 1.05 bits per heavy atom. The Morgan fingerprint density at radius 2 is 1.79 bits per heavy atom. The zero-order valence-corrected chi connectivity index (χ0v) is 25.9. The van der Waals surface area contributed by atoms with Crippen LogP contribution >= 0.6 is 0 Å². The lowest BCUT2D eigenvalue weighted by molar-refractivity contribution is 0.0947. The molecule has 0 fully saturated rings. The second-order valence-electron chi connectivity index (χ2n) is 11.3. The van der Waals surface area contributed by atoms with Gasteiger partial charge in [-0.3, -0.25) is 9.69 Å². The van der Waals surface area contributed by atoms with Crippen LogP contribution in [0.5, 0.6) is 11.5 Å². The van der Waals surface area contributed by atoms with Crippen molar-refractivity contribution in [1.82, 2.24) is 15.4 Å². The summed E-state index contributed by atoms with van der Waals surface area (Å²) in [6.07, 6.45) is 4.83. The van der Waals surface area contributed by atoms with Gasteiger partial charge in [-0.25, -0.2) is 0 Å². The number of fused-ring (bicyclic) bond motifs is 1. The largest absolute Gasteiger partial charge is 0.493 e. The van der Waals surface area contributed by atoms with Crippen LogP contribution in [-0.4, -0.2) is 60.5 Å². The molecular weight excluding hydrogens is 530 g/mol. The smallest absolute Gasteiger partial charge is 0.274 e. The minimum Gasteiger partial charge on any atom is -0.493 e. The van der Waals surface area contributed by atoms with Crippen molar-refractivity contribution >= 4 is 5.91 Å². The van der Waals surface area contributed by atoms with Gasteiger partial charge >= 0.3 is 0 Å². The number of aliphatic hydroxyl groups is 1. The average Bonchev–Trinajstić information content (AvgIpc) is 3.42. The van der Waals surface area contributed by atoms with Crippen LogP contribution in [0.1, 0.15) is 93.4 Å². The van der Waals surface area contributed by atoms with Gasteiger partial charge in [0.15, 0.2) is 11.5 Å². The van der Waals surface area contributed by atoms with E-state index < -0.39 is 0 Å². The molecule has 0 saturated heterocycles. The third-order valence-electron chi connectivity index (χ3n) is 7.74. The molecule has 8 nitrogen and oxygen atoms in total. The normalized spacial score (nSPS) is 13.3. The molecule has 2 heterocycles. The van der Waals surface area contributed by atoms with Gasteiger partial charge in [0.25, 0.3) is 5.91 Å². The zero-order chi connectivity index (χ0) is 30.1. The highest BCUT2D eigenvalue weighted by Crippen LogP contribution is 2.44. The van der Waals surface area contributed by atoms with Crippen LogP contribution in [0.3, 0.4) is 0 Å². The van der Waals surface area contributed by atoms with Crippen LogP contribution in [0, 0.1) is 0 Å². The molecule has 1 aliphatic rings. The van der Waals surface area contributed by atoms with E-state index in [1.54, 1.807) is 0 Å². The quantitative estimate of drug-likeness (QED) is 0.197. The summed E-state index contributed by atoms with van der Waals surface area (Å²) < 4.78 is 18.6. The van der Waals surface area contributed by atoms with E-state index in [9.17, 15) is 9.90 Å². The Hall–Kier alpha value is -3.36. The van der Waals surface area contributed by atoms with Crippen LogP contribution in [0.2, 0.25) is 0 Å². The van der Waals surface area contributed by atoms with Crippen molar-refractivity contribution < 1.29 is 23.9 Å². The molecule has 0 aliphatic carbocycles. The van der Waals surface area contributed by atoms with Crippen molar-refractivity contribution in [3.05, 3.63) is 52.7 Å². The summed E-state index contributed by atoms with van der Waals surface area (Å²) in [5.41, 5.74) is 6.10. The van der Waals surface area contributed by atoms with Gasteiger partial charge < -0.3 is 24.4 Å². The fraction of sp³-hybridized carbons (Fsp3) is 0.529. The van der Waals surface area contributed by atoms with Crippen molar-refractivity contribution in [2.45, 2.75) is 79.2 Å². The minimum atomic E-state index is -0.272. The lowest BCUT2D eigenvalue weighted by atomic mass is 9.91. The molecule has 0 saturated carbocycles. The first-order valence-corrected chi connectivity index (χ1v) is 15.6. The van der Waals surface area contributed by atoms with Crippen LogP contribution in [0.4, 0.5) is 0 Å². The third kappa shape index (κ3) is 7.34. The molecule has 1 amide bonds. The molecule has 8 heteroatoms. The number of rotatable bonds is 15. The maximum absolute atomic E-state index is 13.2. The number of nitrogens with zero attached hydrogens (tertiary/aromatic N) is 2. The Morgan fingerprint density at radius 3 is 2.45 bits per heavy atom. The van der Waals surface area contributed by atoms with Crippen molar-refractivity contribution in [2.24, 2.45) is 0 Å². The van der Waals surface area contributed by atoms with Crippen LogP contribution in [0.15, 0.2) is 34.9 Å². The lowest BCUT2D eigenvalue weighted by Gasteiger charge is -2.28. The van der Waals surface area contributed by atoms with Gasteiger partial charge in [-0.05, 0) is 60.4 Å². The molecule has 0 unspecified atom stereocenters. The highest BCUT2D eigenvalue weighted by molar-refractivity contribution is 6.02. The Bertz CT molecular complexity index is 1330. The molecular formula is C34H47N3O5. The number of aromatic nitrogens is 1. The molecule has 0 bridgehead atoms. The predicted octanol–water partition coefficient (Wildman–Crippen LogP) is 6.59. The maximum Gasteiger partial charge on any atom is 0.274 e. The second kappa shape index (κ2) is 15.2. The molecule has 1 aliphatic heterocycles. The SMILES string of the molecule is CCCCOc1cc(OCCCC)c(C(C)C)cc1-c1onc(C(=O)NCC)c1-c1ccc2c(c1)CCN(CCO)C2. The predicted molar refractivity (Wildman–Crippen MR) is 166 cm³/mol. The highest BCUT2D eigenvalue weighted by Gasteiger charge is 2.29.